The van der Waals surface area contributed by atoms with Crippen LogP contribution in [-0.2, 0) is 4.79 Å². The molecule has 3 nitrogen and oxygen atoms in total. The minimum atomic E-state index is -0.841. The Morgan fingerprint density at radius 3 is 2.32 bits per heavy atom. The third-order valence-corrected chi connectivity index (χ3v) is 2.71. The average molecular weight is 282 g/mol. The van der Waals surface area contributed by atoms with Gasteiger partial charge in [-0.1, -0.05) is 30.3 Å². The van der Waals surface area contributed by atoms with E-state index in [4.69, 9.17) is 9.84 Å². The van der Waals surface area contributed by atoms with Crippen LogP contribution in [0.1, 0.15) is 18.4 Å². The van der Waals surface area contributed by atoms with Gasteiger partial charge < -0.3 is 9.84 Å². The van der Waals surface area contributed by atoms with E-state index in [2.05, 4.69) is 0 Å². The number of rotatable bonds is 4. The molecular formula is C15H14CaO3. The van der Waals surface area contributed by atoms with E-state index < -0.39 is 11.9 Å². The van der Waals surface area contributed by atoms with Crippen LogP contribution in [-0.4, -0.2) is 48.8 Å². The van der Waals surface area contributed by atoms with Gasteiger partial charge in [-0.2, -0.15) is 0 Å². The Hall–Kier alpha value is -1.03. The molecule has 0 aromatic heterocycles. The molecule has 0 aliphatic carbocycles. The molecule has 0 spiro atoms. The molecule has 0 amide bonds. The zero-order valence-corrected chi connectivity index (χ0v) is 13.0. The van der Waals surface area contributed by atoms with Crippen molar-refractivity contribution in [3.63, 3.8) is 0 Å². The number of hydrogen-bond acceptors (Lipinski definition) is 2. The summed E-state index contributed by atoms with van der Waals surface area (Å²) in [5.41, 5.74) is 0.732. The van der Waals surface area contributed by atoms with Gasteiger partial charge in [0.1, 0.15) is 11.5 Å². The zero-order valence-electron chi connectivity index (χ0n) is 10.7. The molecule has 94 valence electrons. The molecule has 0 bridgehead atoms. The molecule has 0 aliphatic heterocycles. The quantitative estimate of drug-likeness (QED) is 0.875. The van der Waals surface area contributed by atoms with Crippen LogP contribution in [0.2, 0.25) is 0 Å². The van der Waals surface area contributed by atoms with Crippen molar-refractivity contribution in [2.75, 3.05) is 0 Å². The molecule has 1 unspecified atom stereocenters. The molecule has 4 heteroatoms. The van der Waals surface area contributed by atoms with Crippen molar-refractivity contribution in [1.29, 1.82) is 0 Å². The van der Waals surface area contributed by atoms with Crippen LogP contribution >= 0.6 is 0 Å². The van der Waals surface area contributed by atoms with Crippen LogP contribution in [0, 0.1) is 0 Å². The summed E-state index contributed by atoms with van der Waals surface area (Å²) in [6.07, 6.45) is 0. The van der Waals surface area contributed by atoms with Crippen LogP contribution in [0.25, 0.3) is 0 Å². The maximum absolute atomic E-state index is 10.9. The van der Waals surface area contributed by atoms with Crippen LogP contribution in [0.5, 0.6) is 11.5 Å². The van der Waals surface area contributed by atoms with Crippen LogP contribution in [0.3, 0.4) is 0 Å². The standard InChI is InChI=1S/C15H14O3.Ca/c1-11(15(16)17)12-6-5-9-14(10-12)18-13-7-3-2-4-8-13;/h2-11H,1H3,(H,16,17);. The molecule has 0 aliphatic rings. The van der Waals surface area contributed by atoms with Crippen molar-refractivity contribution in [1.82, 2.24) is 0 Å². The summed E-state index contributed by atoms with van der Waals surface area (Å²) in [5.74, 6) is 0.000567. The molecule has 2 rings (SSSR count). The van der Waals surface area contributed by atoms with Crippen molar-refractivity contribution < 1.29 is 14.6 Å². The number of carbonyl (C=O) groups is 1. The molecule has 2 radical (unpaired) electrons. The van der Waals surface area contributed by atoms with E-state index in [9.17, 15) is 4.79 Å². The van der Waals surface area contributed by atoms with Gasteiger partial charge in [-0.05, 0) is 36.8 Å². The fourth-order valence-electron chi connectivity index (χ4n) is 1.61. The summed E-state index contributed by atoms with van der Waals surface area (Å²) in [6, 6.07) is 16.6. The first-order chi connectivity index (χ1) is 8.66. The van der Waals surface area contributed by atoms with Gasteiger partial charge in [-0.3, -0.25) is 4.79 Å². The second kappa shape index (κ2) is 7.53. The predicted octanol–water partition coefficient (Wildman–Crippen LogP) is 3.29. The van der Waals surface area contributed by atoms with Gasteiger partial charge in [-0.15, -0.1) is 0 Å². The summed E-state index contributed by atoms with van der Waals surface area (Å²) < 4.78 is 5.66. The van der Waals surface area contributed by atoms with Crippen LogP contribution in [0.15, 0.2) is 54.6 Å². The van der Waals surface area contributed by atoms with Gasteiger partial charge >= 0.3 is 5.97 Å². The van der Waals surface area contributed by atoms with Gasteiger partial charge in [0.25, 0.3) is 0 Å². The molecular weight excluding hydrogens is 268 g/mol. The Morgan fingerprint density at radius 2 is 1.68 bits per heavy atom. The summed E-state index contributed by atoms with van der Waals surface area (Å²) >= 11 is 0. The van der Waals surface area contributed by atoms with Crippen LogP contribution in [0.4, 0.5) is 0 Å². The van der Waals surface area contributed by atoms with Gasteiger partial charge in [0.2, 0.25) is 0 Å². The Morgan fingerprint density at radius 1 is 1.05 bits per heavy atom. The first-order valence-corrected chi connectivity index (χ1v) is 5.72. The average Bonchev–Trinajstić information content (AvgIpc) is 2.39. The smallest absolute Gasteiger partial charge is 0.310 e. The Kier molecular flexibility index (Phi) is 6.35. The monoisotopic (exact) mass is 282 g/mol. The molecule has 2 aromatic carbocycles. The Labute approximate surface area is 142 Å². The van der Waals surface area contributed by atoms with Crippen molar-refractivity contribution >= 4 is 43.7 Å². The van der Waals surface area contributed by atoms with Crippen LogP contribution < -0.4 is 4.74 Å². The third-order valence-electron chi connectivity index (χ3n) is 2.71. The fraction of sp³-hybridized carbons (Fsp3) is 0.133. The maximum Gasteiger partial charge on any atom is 0.310 e. The Balaban J connectivity index is 0.00000180. The number of aliphatic carboxylic acids is 1. The number of para-hydroxylation sites is 1. The van der Waals surface area contributed by atoms with Crippen molar-refractivity contribution in [2.24, 2.45) is 0 Å². The third kappa shape index (κ3) is 4.53. The first-order valence-electron chi connectivity index (χ1n) is 5.72. The van der Waals surface area contributed by atoms with Gasteiger partial charge in [0, 0.05) is 37.7 Å². The second-order valence-electron chi connectivity index (χ2n) is 4.05. The van der Waals surface area contributed by atoms with E-state index in [0.717, 1.165) is 11.3 Å². The van der Waals surface area contributed by atoms with Gasteiger partial charge in [0.15, 0.2) is 0 Å². The summed E-state index contributed by atoms with van der Waals surface area (Å²) in [7, 11) is 0. The SMILES string of the molecule is CC(C(=O)O)c1cccc(Oc2ccccc2)c1.[Ca]. The van der Waals surface area contributed by atoms with Gasteiger partial charge in [-0.25, -0.2) is 0 Å². The first kappa shape index (κ1) is 16.0. The molecule has 2 aromatic rings. The normalized spacial score (nSPS) is 11.2. The number of ether oxygens (including phenoxy) is 1. The number of carboxylic acids is 1. The largest absolute Gasteiger partial charge is 0.481 e. The number of benzene rings is 2. The van der Waals surface area contributed by atoms with E-state index in [1.54, 1.807) is 25.1 Å². The molecule has 19 heavy (non-hydrogen) atoms. The number of hydrogen-bond donors (Lipinski definition) is 1. The van der Waals surface area contributed by atoms with Gasteiger partial charge in [0.05, 0.1) is 5.92 Å². The van der Waals surface area contributed by atoms with E-state index in [1.165, 1.54) is 0 Å². The fourth-order valence-corrected chi connectivity index (χ4v) is 1.61. The molecule has 0 fully saturated rings. The summed E-state index contributed by atoms with van der Waals surface area (Å²) in [6.45, 7) is 1.66. The van der Waals surface area contributed by atoms with Crippen molar-refractivity contribution in [3.05, 3.63) is 60.2 Å². The Bertz CT molecular complexity index is 540. The van der Waals surface area contributed by atoms with E-state index in [0.29, 0.717) is 5.75 Å². The van der Waals surface area contributed by atoms with E-state index >= 15 is 0 Å². The zero-order chi connectivity index (χ0) is 13.0. The minimum absolute atomic E-state index is 0. The van der Waals surface area contributed by atoms with E-state index in [1.807, 2.05) is 36.4 Å². The maximum atomic E-state index is 10.9. The number of carboxylic acid groups (broad SMARTS) is 1. The molecule has 0 saturated heterocycles. The second-order valence-corrected chi connectivity index (χ2v) is 4.05. The topological polar surface area (TPSA) is 46.5 Å². The van der Waals surface area contributed by atoms with Crippen molar-refractivity contribution in [2.45, 2.75) is 12.8 Å². The van der Waals surface area contributed by atoms with E-state index in [-0.39, 0.29) is 37.7 Å². The summed E-state index contributed by atoms with van der Waals surface area (Å²) in [4.78, 5) is 10.9. The summed E-state index contributed by atoms with van der Waals surface area (Å²) in [5, 5.41) is 8.98. The molecule has 1 atom stereocenters. The minimum Gasteiger partial charge on any atom is -0.481 e. The molecule has 0 saturated carbocycles. The predicted molar refractivity (Wildman–Crippen MR) is 74.8 cm³/mol. The molecule has 1 N–H and O–H groups in total. The van der Waals surface area contributed by atoms with Crippen molar-refractivity contribution in [3.8, 4) is 11.5 Å². The molecule has 0 heterocycles.